The van der Waals surface area contributed by atoms with E-state index in [1.807, 2.05) is 0 Å². The average molecular weight is 368 g/mol. The molecule has 0 aromatic heterocycles. The van der Waals surface area contributed by atoms with Crippen molar-refractivity contribution in [2.75, 3.05) is 31.1 Å². The number of nitrogens with zero attached hydrogens (tertiary/aromatic N) is 2. The fourth-order valence-electron chi connectivity index (χ4n) is 3.94. The largest absolute Gasteiger partial charge is 0.363 e. The van der Waals surface area contributed by atoms with E-state index in [0.29, 0.717) is 6.54 Å². The van der Waals surface area contributed by atoms with Gasteiger partial charge in [0.05, 0.1) is 12.1 Å². The van der Waals surface area contributed by atoms with Crippen LogP contribution < -0.4 is 4.90 Å². The summed E-state index contributed by atoms with van der Waals surface area (Å²) in [5, 5.41) is 0. The van der Waals surface area contributed by atoms with E-state index >= 15 is 0 Å². The molecule has 142 valence electrons. The number of carbonyl (C=O) groups is 1. The first-order valence-electron chi connectivity index (χ1n) is 9.51. The van der Waals surface area contributed by atoms with Crippen LogP contribution >= 0.6 is 0 Å². The van der Waals surface area contributed by atoms with Crippen LogP contribution in [-0.4, -0.2) is 42.6 Å². The highest BCUT2D eigenvalue weighted by Gasteiger charge is 2.42. The molecular formula is C22H25FN2O2. The van der Waals surface area contributed by atoms with Crippen molar-refractivity contribution in [3.8, 4) is 0 Å². The summed E-state index contributed by atoms with van der Waals surface area (Å²) >= 11 is 0. The number of piperidine rings is 1. The van der Waals surface area contributed by atoms with Crippen LogP contribution in [0, 0.1) is 12.7 Å². The number of carbonyl (C=O) groups excluding carboxylic acids is 1. The lowest BCUT2D eigenvalue weighted by Gasteiger charge is -2.47. The van der Waals surface area contributed by atoms with Gasteiger partial charge in [-0.1, -0.05) is 29.8 Å². The van der Waals surface area contributed by atoms with Crippen LogP contribution in [0.4, 0.5) is 10.1 Å². The predicted octanol–water partition coefficient (Wildman–Crippen LogP) is 3.53. The van der Waals surface area contributed by atoms with Crippen LogP contribution in [-0.2, 0) is 16.1 Å². The van der Waals surface area contributed by atoms with Gasteiger partial charge in [0.25, 0.3) is 5.91 Å². The fraction of sp³-hybridized carbons (Fsp3) is 0.409. The highest BCUT2D eigenvalue weighted by molar-refractivity contribution is 5.95. The lowest BCUT2D eigenvalue weighted by Crippen LogP contribution is -2.58. The van der Waals surface area contributed by atoms with E-state index in [-0.39, 0.29) is 23.9 Å². The maximum atomic E-state index is 13.2. The van der Waals surface area contributed by atoms with Gasteiger partial charge in [0.15, 0.2) is 0 Å². The number of benzene rings is 2. The van der Waals surface area contributed by atoms with Crippen molar-refractivity contribution in [1.82, 2.24) is 4.90 Å². The Morgan fingerprint density at radius 2 is 1.70 bits per heavy atom. The van der Waals surface area contributed by atoms with Crippen LogP contribution in [0.3, 0.4) is 0 Å². The van der Waals surface area contributed by atoms with Crippen molar-refractivity contribution < 1.29 is 13.9 Å². The Balaban J connectivity index is 1.40. The van der Waals surface area contributed by atoms with Crippen LogP contribution in [0.15, 0.2) is 48.5 Å². The van der Waals surface area contributed by atoms with E-state index in [2.05, 4.69) is 36.1 Å². The second-order valence-electron chi connectivity index (χ2n) is 7.69. The third kappa shape index (κ3) is 4.04. The van der Waals surface area contributed by atoms with Crippen molar-refractivity contribution in [2.45, 2.75) is 31.9 Å². The Kier molecular flexibility index (Phi) is 4.98. The Morgan fingerprint density at radius 1 is 1.04 bits per heavy atom. The van der Waals surface area contributed by atoms with Crippen LogP contribution in [0.5, 0.6) is 0 Å². The first-order chi connectivity index (χ1) is 13.0. The van der Waals surface area contributed by atoms with Gasteiger partial charge < -0.3 is 9.64 Å². The summed E-state index contributed by atoms with van der Waals surface area (Å²) in [7, 11) is 0. The Bertz CT molecular complexity index is 796. The third-order valence-corrected chi connectivity index (χ3v) is 5.68. The second kappa shape index (κ2) is 7.41. The second-order valence-corrected chi connectivity index (χ2v) is 7.69. The van der Waals surface area contributed by atoms with Gasteiger partial charge in [-0.15, -0.1) is 0 Å². The molecule has 2 fully saturated rings. The zero-order valence-electron chi connectivity index (χ0n) is 15.7. The normalized spacial score (nSPS) is 20.2. The zero-order chi connectivity index (χ0) is 18.9. The van der Waals surface area contributed by atoms with Crippen LogP contribution in [0.25, 0.3) is 0 Å². The summed E-state index contributed by atoms with van der Waals surface area (Å²) in [6, 6.07) is 14.8. The molecule has 0 atom stereocenters. The SMILES string of the molecule is Cc1ccc(CN2CCC3(CC2)CN(c2ccc(F)cc2)C(=O)CO3)cc1. The highest BCUT2D eigenvalue weighted by atomic mass is 19.1. The molecule has 0 N–H and O–H groups in total. The molecule has 2 aliphatic heterocycles. The molecule has 4 rings (SSSR count). The smallest absolute Gasteiger partial charge is 0.253 e. The number of likely N-dealkylation sites (tertiary alicyclic amines) is 1. The average Bonchev–Trinajstić information content (AvgIpc) is 2.68. The number of rotatable bonds is 3. The van der Waals surface area contributed by atoms with Crippen molar-refractivity contribution in [3.05, 3.63) is 65.5 Å². The molecule has 27 heavy (non-hydrogen) atoms. The van der Waals surface area contributed by atoms with Gasteiger partial charge in [0, 0.05) is 25.3 Å². The van der Waals surface area contributed by atoms with Gasteiger partial charge in [-0.05, 0) is 49.6 Å². The van der Waals surface area contributed by atoms with Gasteiger partial charge in [-0.2, -0.15) is 0 Å². The minimum Gasteiger partial charge on any atom is -0.363 e. The molecular weight excluding hydrogens is 343 g/mol. The number of morpholine rings is 1. The van der Waals surface area contributed by atoms with Crippen LogP contribution in [0.1, 0.15) is 24.0 Å². The van der Waals surface area contributed by atoms with Crippen molar-refractivity contribution in [1.29, 1.82) is 0 Å². The summed E-state index contributed by atoms with van der Waals surface area (Å²) in [6.45, 7) is 5.56. The molecule has 4 nitrogen and oxygen atoms in total. The van der Waals surface area contributed by atoms with Gasteiger partial charge >= 0.3 is 0 Å². The van der Waals surface area contributed by atoms with Gasteiger partial charge in [0.2, 0.25) is 0 Å². The van der Waals surface area contributed by atoms with Crippen molar-refractivity contribution in [2.24, 2.45) is 0 Å². The lowest BCUT2D eigenvalue weighted by atomic mass is 9.88. The monoisotopic (exact) mass is 368 g/mol. The number of hydrogen-bond donors (Lipinski definition) is 0. The molecule has 2 aromatic rings. The van der Waals surface area contributed by atoms with Crippen LogP contribution in [0.2, 0.25) is 0 Å². The third-order valence-electron chi connectivity index (χ3n) is 5.68. The summed E-state index contributed by atoms with van der Waals surface area (Å²) in [5.41, 5.74) is 3.04. The van der Waals surface area contributed by atoms with E-state index in [0.717, 1.165) is 38.2 Å². The van der Waals surface area contributed by atoms with E-state index in [1.54, 1.807) is 17.0 Å². The molecule has 0 aliphatic carbocycles. The molecule has 2 saturated heterocycles. The number of amides is 1. The molecule has 0 radical (unpaired) electrons. The van der Waals surface area contributed by atoms with E-state index in [4.69, 9.17) is 4.74 Å². The minimum atomic E-state index is -0.300. The Hall–Kier alpha value is -2.24. The number of hydrogen-bond acceptors (Lipinski definition) is 3. The van der Waals surface area contributed by atoms with Gasteiger partial charge in [-0.25, -0.2) is 4.39 Å². The summed E-state index contributed by atoms with van der Waals surface area (Å²) in [4.78, 5) is 16.5. The maximum Gasteiger partial charge on any atom is 0.253 e. The molecule has 1 amide bonds. The number of ether oxygens (including phenoxy) is 1. The van der Waals surface area contributed by atoms with Gasteiger partial charge in [-0.3, -0.25) is 9.69 Å². The maximum absolute atomic E-state index is 13.2. The first kappa shape index (κ1) is 18.1. The molecule has 2 heterocycles. The molecule has 2 aliphatic rings. The standard InChI is InChI=1S/C22H25FN2O2/c1-17-2-4-18(5-3-17)14-24-12-10-22(11-13-24)16-25(21(26)15-27-22)20-8-6-19(23)7-9-20/h2-9H,10-16H2,1H3. The van der Waals surface area contributed by atoms with E-state index in [1.165, 1.54) is 23.3 Å². The quantitative estimate of drug-likeness (QED) is 0.831. The predicted molar refractivity (Wildman–Crippen MR) is 103 cm³/mol. The number of anilines is 1. The summed E-state index contributed by atoms with van der Waals surface area (Å²) < 4.78 is 19.2. The molecule has 0 saturated carbocycles. The van der Waals surface area contributed by atoms with Gasteiger partial charge in [0.1, 0.15) is 12.4 Å². The Morgan fingerprint density at radius 3 is 2.37 bits per heavy atom. The fourth-order valence-corrected chi connectivity index (χ4v) is 3.94. The molecule has 0 unspecified atom stereocenters. The summed E-state index contributed by atoms with van der Waals surface area (Å²) in [5.74, 6) is -0.354. The highest BCUT2D eigenvalue weighted by Crippen LogP contribution is 2.33. The molecule has 5 heteroatoms. The lowest BCUT2D eigenvalue weighted by molar-refractivity contribution is -0.144. The minimum absolute atomic E-state index is 0.0608. The zero-order valence-corrected chi connectivity index (χ0v) is 15.7. The number of aryl methyl sites for hydroxylation is 1. The first-order valence-corrected chi connectivity index (χ1v) is 9.51. The molecule has 2 aromatic carbocycles. The van der Waals surface area contributed by atoms with Crippen molar-refractivity contribution in [3.63, 3.8) is 0 Å². The number of halogens is 1. The van der Waals surface area contributed by atoms with E-state index < -0.39 is 0 Å². The molecule has 0 bridgehead atoms. The molecule has 1 spiro atoms. The topological polar surface area (TPSA) is 32.8 Å². The van der Waals surface area contributed by atoms with Crippen molar-refractivity contribution >= 4 is 11.6 Å². The summed E-state index contributed by atoms with van der Waals surface area (Å²) in [6.07, 6.45) is 1.79. The van der Waals surface area contributed by atoms with E-state index in [9.17, 15) is 9.18 Å². The Labute approximate surface area is 159 Å².